The number of nitrogens with one attached hydrogen (secondary N) is 1. The van der Waals surface area contributed by atoms with Crippen molar-refractivity contribution in [2.45, 2.75) is 6.18 Å². The van der Waals surface area contributed by atoms with E-state index < -0.39 is 17.8 Å². The van der Waals surface area contributed by atoms with Gasteiger partial charge in [-0.05, 0) is 52.7 Å². The molecule has 0 fully saturated rings. The van der Waals surface area contributed by atoms with Crippen LogP contribution in [0.3, 0.4) is 0 Å². The van der Waals surface area contributed by atoms with Crippen LogP contribution in [0.1, 0.15) is 21.7 Å². The molecule has 180 valence electrons. The molecular formula is C25H16F3N5O2S. The number of halogens is 3. The number of hydrogen-bond acceptors (Lipinski definition) is 6. The second-order valence-electron chi connectivity index (χ2n) is 7.69. The molecule has 5 rings (SSSR count). The zero-order chi connectivity index (χ0) is 25.3. The van der Waals surface area contributed by atoms with E-state index >= 15 is 0 Å². The summed E-state index contributed by atoms with van der Waals surface area (Å²) in [4.78, 5) is 16.7. The number of aromatic hydroxyl groups is 1. The van der Waals surface area contributed by atoms with Crippen LogP contribution in [-0.4, -0.2) is 32.0 Å². The third-order valence-electron chi connectivity index (χ3n) is 5.22. The molecule has 7 nitrogen and oxygen atoms in total. The zero-order valence-electron chi connectivity index (χ0n) is 18.3. The largest absolute Gasteiger partial charge is 0.508 e. The number of phenolic OH excluding ortho intramolecular Hbond substituents is 1. The maximum absolute atomic E-state index is 13.5. The lowest BCUT2D eigenvalue weighted by Gasteiger charge is -2.06. The van der Waals surface area contributed by atoms with Crippen LogP contribution in [0.4, 0.5) is 13.2 Å². The first-order valence-electron chi connectivity index (χ1n) is 10.5. The van der Waals surface area contributed by atoms with Gasteiger partial charge in [-0.25, -0.2) is 15.1 Å². The third kappa shape index (κ3) is 4.82. The molecule has 0 spiro atoms. The molecule has 5 aromatic rings. The molecule has 0 saturated heterocycles. The van der Waals surface area contributed by atoms with Crippen molar-refractivity contribution in [3.63, 3.8) is 0 Å². The Morgan fingerprint density at radius 2 is 1.78 bits per heavy atom. The molecule has 36 heavy (non-hydrogen) atoms. The fourth-order valence-electron chi connectivity index (χ4n) is 3.47. The number of carbonyl (C=O) groups is 1. The molecule has 0 aliphatic carbocycles. The number of benzene rings is 3. The maximum atomic E-state index is 13.5. The molecule has 2 N–H and O–H groups in total. The van der Waals surface area contributed by atoms with Crippen LogP contribution in [0.25, 0.3) is 27.2 Å². The van der Waals surface area contributed by atoms with Crippen molar-refractivity contribution in [2.24, 2.45) is 5.10 Å². The van der Waals surface area contributed by atoms with E-state index in [0.29, 0.717) is 11.1 Å². The van der Waals surface area contributed by atoms with Crippen LogP contribution >= 0.6 is 11.3 Å². The lowest BCUT2D eigenvalue weighted by Crippen LogP contribution is -2.18. The molecular weight excluding hydrogens is 491 g/mol. The predicted octanol–water partition coefficient (Wildman–Crippen LogP) is 5.64. The topological polar surface area (TPSA) is 92.4 Å². The summed E-state index contributed by atoms with van der Waals surface area (Å²) in [5.41, 5.74) is 2.60. The number of rotatable bonds is 5. The van der Waals surface area contributed by atoms with E-state index in [2.05, 4.69) is 20.6 Å². The van der Waals surface area contributed by atoms with Gasteiger partial charge in [0.05, 0.1) is 11.9 Å². The van der Waals surface area contributed by atoms with Gasteiger partial charge in [-0.1, -0.05) is 36.4 Å². The average Bonchev–Trinajstić information content (AvgIpc) is 3.53. The summed E-state index contributed by atoms with van der Waals surface area (Å²) in [5.74, 6) is -0.537. The minimum atomic E-state index is -4.66. The summed E-state index contributed by atoms with van der Waals surface area (Å²) >= 11 is 0.980. The van der Waals surface area contributed by atoms with Gasteiger partial charge < -0.3 is 5.11 Å². The van der Waals surface area contributed by atoms with E-state index in [1.165, 1.54) is 23.7 Å². The molecule has 0 atom stereocenters. The number of hydrogen-bond donors (Lipinski definition) is 2. The zero-order valence-corrected chi connectivity index (χ0v) is 19.1. The first-order chi connectivity index (χ1) is 17.3. The van der Waals surface area contributed by atoms with Crippen LogP contribution in [-0.2, 0) is 6.18 Å². The highest BCUT2D eigenvalue weighted by atomic mass is 32.1. The van der Waals surface area contributed by atoms with Gasteiger partial charge in [-0.3, -0.25) is 4.79 Å². The normalized spacial score (nSPS) is 11.9. The van der Waals surface area contributed by atoms with Crippen molar-refractivity contribution in [1.29, 1.82) is 0 Å². The first kappa shape index (κ1) is 23.2. The number of fused-ring (bicyclic) bond motifs is 1. The molecule has 1 amide bonds. The highest BCUT2D eigenvalue weighted by molar-refractivity contribution is 7.12. The molecule has 3 aromatic carbocycles. The number of phenols is 1. The maximum Gasteiger partial charge on any atom is 0.435 e. The molecule has 0 aliphatic rings. The summed E-state index contributed by atoms with van der Waals surface area (Å²) in [6.07, 6.45) is -3.27. The Labute approximate surface area is 206 Å². The molecule has 0 radical (unpaired) electrons. The lowest BCUT2D eigenvalue weighted by molar-refractivity contribution is -0.141. The van der Waals surface area contributed by atoms with Crippen molar-refractivity contribution in [3.8, 4) is 22.1 Å². The summed E-state index contributed by atoms with van der Waals surface area (Å²) in [7, 11) is 0. The summed E-state index contributed by atoms with van der Waals surface area (Å²) < 4.78 is 41.6. The van der Waals surface area contributed by atoms with Crippen LogP contribution in [0, 0.1) is 0 Å². The van der Waals surface area contributed by atoms with Gasteiger partial charge in [0.25, 0.3) is 5.91 Å². The number of thiazole rings is 1. The van der Waals surface area contributed by atoms with Gasteiger partial charge in [0.1, 0.15) is 11.4 Å². The van der Waals surface area contributed by atoms with E-state index in [9.17, 15) is 23.1 Å². The molecule has 2 heterocycles. The van der Waals surface area contributed by atoms with Crippen molar-refractivity contribution < 1.29 is 23.1 Å². The third-order valence-corrected chi connectivity index (χ3v) is 6.04. The number of nitrogens with zero attached hydrogens (tertiary/aromatic N) is 4. The number of amides is 1. The Morgan fingerprint density at radius 3 is 2.53 bits per heavy atom. The highest BCUT2D eigenvalue weighted by Gasteiger charge is 2.35. The highest BCUT2D eigenvalue weighted by Crippen LogP contribution is 2.34. The predicted molar refractivity (Wildman–Crippen MR) is 130 cm³/mol. The monoisotopic (exact) mass is 507 g/mol. The fourth-order valence-corrected chi connectivity index (χ4v) is 4.24. The van der Waals surface area contributed by atoms with E-state index in [-0.39, 0.29) is 22.3 Å². The van der Waals surface area contributed by atoms with Gasteiger partial charge in [0.2, 0.25) is 5.13 Å². The van der Waals surface area contributed by atoms with E-state index in [1.54, 1.807) is 24.3 Å². The van der Waals surface area contributed by atoms with Crippen molar-refractivity contribution in [3.05, 3.63) is 95.1 Å². The Kier molecular flexibility index (Phi) is 5.98. The molecule has 11 heteroatoms. The first-order valence-corrected chi connectivity index (χ1v) is 11.4. The Bertz CT molecular complexity index is 1590. The minimum absolute atomic E-state index is 0.0219. The number of hydrazone groups is 1. The smallest absolute Gasteiger partial charge is 0.435 e. The Balaban J connectivity index is 1.45. The van der Waals surface area contributed by atoms with Crippen molar-refractivity contribution in [1.82, 2.24) is 20.2 Å². The minimum Gasteiger partial charge on any atom is -0.508 e. The molecule has 0 saturated carbocycles. The van der Waals surface area contributed by atoms with Crippen LogP contribution in [0.5, 0.6) is 5.75 Å². The fraction of sp³-hybridized carbons (Fsp3) is 0.0400. The molecule has 0 bridgehead atoms. The second kappa shape index (κ2) is 9.27. The van der Waals surface area contributed by atoms with Crippen molar-refractivity contribution >= 4 is 34.2 Å². The van der Waals surface area contributed by atoms with E-state index in [4.69, 9.17) is 0 Å². The Hall–Kier alpha value is -4.51. The van der Waals surface area contributed by atoms with Crippen LogP contribution < -0.4 is 5.43 Å². The summed E-state index contributed by atoms with van der Waals surface area (Å²) in [6.45, 7) is 0. The van der Waals surface area contributed by atoms with Gasteiger partial charge in [0, 0.05) is 10.9 Å². The second-order valence-corrected chi connectivity index (χ2v) is 8.53. The van der Waals surface area contributed by atoms with Gasteiger partial charge in [-0.15, -0.1) is 11.3 Å². The van der Waals surface area contributed by atoms with Gasteiger partial charge >= 0.3 is 6.18 Å². The number of alkyl halides is 3. The standard InChI is InChI=1S/C25H16F3N5O2S/c26-25(27,28)22-12-21(18-8-7-16-3-1-2-4-17(16)11-18)33(32-22)24-30-20(14-36-24)23(35)31-29-13-15-5-9-19(34)10-6-15/h1-14,34H,(H,31,35)/b29-13+. The molecule has 2 aromatic heterocycles. The lowest BCUT2D eigenvalue weighted by atomic mass is 10.0. The van der Waals surface area contributed by atoms with Crippen molar-refractivity contribution in [2.75, 3.05) is 0 Å². The van der Waals surface area contributed by atoms with Crippen LogP contribution in [0.15, 0.2) is 83.3 Å². The summed E-state index contributed by atoms with van der Waals surface area (Å²) in [5, 5.41) is 20.2. The Morgan fingerprint density at radius 1 is 1.03 bits per heavy atom. The van der Waals surface area contributed by atoms with E-state index in [0.717, 1.165) is 32.9 Å². The van der Waals surface area contributed by atoms with Gasteiger partial charge in [0.15, 0.2) is 5.69 Å². The summed E-state index contributed by atoms with van der Waals surface area (Å²) in [6, 6.07) is 20.0. The number of aromatic nitrogens is 3. The SMILES string of the molecule is O=C(N/N=C/c1ccc(O)cc1)c1csc(-n2nc(C(F)(F)F)cc2-c2ccc3ccccc3c2)n1. The molecule has 0 unspecified atom stereocenters. The van der Waals surface area contributed by atoms with Crippen LogP contribution in [0.2, 0.25) is 0 Å². The van der Waals surface area contributed by atoms with E-state index in [1.807, 2.05) is 30.3 Å². The quantitative estimate of drug-likeness (QED) is 0.238. The average molecular weight is 507 g/mol. The van der Waals surface area contributed by atoms with Gasteiger partial charge in [-0.2, -0.15) is 23.4 Å². The number of carbonyl (C=O) groups excluding carboxylic acids is 1. The molecule has 0 aliphatic heterocycles.